The van der Waals surface area contributed by atoms with Crippen molar-refractivity contribution in [3.05, 3.63) is 46.5 Å². The molecule has 1 nitrogen and oxygen atoms in total. The number of hydrogen-bond donors (Lipinski definition) is 0. The lowest BCUT2D eigenvalue weighted by molar-refractivity contribution is -0.115. The third-order valence-corrected chi connectivity index (χ3v) is 3.00. The summed E-state index contributed by atoms with van der Waals surface area (Å²) < 4.78 is 0. The van der Waals surface area contributed by atoms with Crippen molar-refractivity contribution in [3.63, 3.8) is 0 Å². The second-order valence-corrected chi connectivity index (χ2v) is 4.80. The van der Waals surface area contributed by atoms with Crippen LogP contribution in [0.25, 0.3) is 0 Å². The van der Waals surface area contributed by atoms with E-state index >= 15 is 0 Å². The highest BCUT2D eigenvalue weighted by atomic mass is 16.1. The van der Waals surface area contributed by atoms with Crippen LogP contribution in [-0.2, 0) is 11.2 Å². The largest absolute Gasteiger partial charge is 0.295 e. The van der Waals surface area contributed by atoms with Gasteiger partial charge in [0.05, 0.1) is 0 Å². The number of hydrogen-bond acceptors (Lipinski definition) is 1. The van der Waals surface area contributed by atoms with E-state index in [0.717, 1.165) is 25.7 Å². The van der Waals surface area contributed by atoms with Crippen molar-refractivity contribution < 1.29 is 4.79 Å². The van der Waals surface area contributed by atoms with Gasteiger partial charge in [-0.2, -0.15) is 0 Å². The Hall–Kier alpha value is -1.37. The monoisotopic (exact) mass is 214 g/mol. The average Bonchev–Trinajstić information content (AvgIpc) is 2.15. The predicted molar refractivity (Wildman–Crippen MR) is 66.6 cm³/mol. The highest BCUT2D eigenvalue weighted by Crippen LogP contribution is 2.20. The molecule has 0 aromatic heterocycles. The molecular weight excluding hydrogens is 196 g/mol. The summed E-state index contributed by atoms with van der Waals surface area (Å²) in [6.45, 7) is 4.24. The molecule has 1 aliphatic rings. The SMILES string of the molecule is Cc1cc(C)cc(CC2=CC(=O)CCC2)c1. The summed E-state index contributed by atoms with van der Waals surface area (Å²) >= 11 is 0. The van der Waals surface area contributed by atoms with Crippen LogP contribution in [0.15, 0.2) is 29.8 Å². The highest BCUT2D eigenvalue weighted by Gasteiger charge is 2.10. The van der Waals surface area contributed by atoms with Gasteiger partial charge in [-0.05, 0) is 44.7 Å². The molecule has 1 heteroatoms. The van der Waals surface area contributed by atoms with E-state index in [4.69, 9.17) is 0 Å². The third-order valence-electron chi connectivity index (χ3n) is 3.00. The topological polar surface area (TPSA) is 17.1 Å². The Labute approximate surface area is 97.2 Å². The van der Waals surface area contributed by atoms with E-state index in [2.05, 4.69) is 32.0 Å². The summed E-state index contributed by atoms with van der Waals surface area (Å²) in [5, 5.41) is 0. The van der Waals surface area contributed by atoms with E-state index in [-0.39, 0.29) is 0 Å². The lowest BCUT2D eigenvalue weighted by Crippen LogP contribution is -2.04. The predicted octanol–water partition coefficient (Wildman–Crippen LogP) is 3.53. The second-order valence-electron chi connectivity index (χ2n) is 4.80. The molecule has 16 heavy (non-hydrogen) atoms. The maximum atomic E-state index is 11.3. The van der Waals surface area contributed by atoms with Gasteiger partial charge in [-0.25, -0.2) is 0 Å². The fourth-order valence-corrected chi connectivity index (χ4v) is 2.43. The Morgan fingerprint density at radius 3 is 2.38 bits per heavy atom. The van der Waals surface area contributed by atoms with Gasteiger partial charge in [0.1, 0.15) is 0 Å². The van der Waals surface area contributed by atoms with Crippen LogP contribution in [0, 0.1) is 13.8 Å². The van der Waals surface area contributed by atoms with Crippen LogP contribution in [0.4, 0.5) is 0 Å². The molecule has 1 aromatic carbocycles. The van der Waals surface area contributed by atoms with Crippen molar-refractivity contribution in [1.29, 1.82) is 0 Å². The third kappa shape index (κ3) is 2.82. The molecule has 0 fully saturated rings. The van der Waals surface area contributed by atoms with E-state index in [1.807, 2.05) is 6.08 Å². The standard InChI is InChI=1S/C15H18O/c1-11-6-12(2)8-14(7-11)9-13-4-3-5-15(16)10-13/h6-8,10H,3-5,9H2,1-2H3. The quantitative estimate of drug-likeness (QED) is 0.736. The molecule has 2 rings (SSSR count). The van der Waals surface area contributed by atoms with E-state index in [0.29, 0.717) is 5.78 Å². The van der Waals surface area contributed by atoms with Crippen LogP contribution in [0.3, 0.4) is 0 Å². The fraction of sp³-hybridized carbons (Fsp3) is 0.400. The molecule has 0 saturated carbocycles. The minimum Gasteiger partial charge on any atom is -0.295 e. The molecular formula is C15H18O. The first kappa shape index (κ1) is 11.1. The van der Waals surface area contributed by atoms with E-state index in [1.165, 1.54) is 22.3 Å². The van der Waals surface area contributed by atoms with Crippen molar-refractivity contribution >= 4 is 5.78 Å². The molecule has 0 saturated heterocycles. The Bertz CT molecular complexity index is 420. The molecule has 0 spiro atoms. The van der Waals surface area contributed by atoms with Gasteiger partial charge in [0.25, 0.3) is 0 Å². The number of rotatable bonds is 2. The zero-order valence-corrected chi connectivity index (χ0v) is 10.0. The molecule has 1 aromatic rings. The smallest absolute Gasteiger partial charge is 0.155 e. The number of ketones is 1. The molecule has 0 heterocycles. The zero-order valence-electron chi connectivity index (χ0n) is 10.0. The number of benzene rings is 1. The molecule has 1 aliphatic carbocycles. The molecule has 0 unspecified atom stereocenters. The summed E-state index contributed by atoms with van der Waals surface area (Å²) in [6, 6.07) is 6.61. The summed E-state index contributed by atoms with van der Waals surface area (Å²) in [7, 11) is 0. The van der Waals surface area contributed by atoms with Gasteiger partial charge < -0.3 is 0 Å². The molecule has 0 aliphatic heterocycles. The van der Waals surface area contributed by atoms with E-state index in [1.54, 1.807) is 0 Å². The molecule has 0 atom stereocenters. The summed E-state index contributed by atoms with van der Waals surface area (Å²) in [6.07, 6.45) is 5.62. The fourth-order valence-electron chi connectivity index (χ4n) is 2.43. The van der Waals surface area contributed by atoms with Gasteiger partial charge in [0.2, 0.25) is 0 Å². The lowest BCUT2D eigenvalue weighted by Gasteiger charge is -2.12. The van der Waals surface area contributed by atoms with Gasteiger partial charge in [-0.15, -0.1) is 0 Å². The first-order valence-corrected chi connectivity index (χ1v) is 5.93. The molecule has 0 radical (unpaired) electrons. The van der Waals surface area contributed by atoms with Crippen molar-refractivity contribution in [2.24, 2.45) is 0 Å². The zero-order chi connectivity index (χ0) is 11.5. The number of aryl methyl sites for hydroxylation is 2. The molecule has 0 bridgehead atoms. The maximum absolute atomic E-state index is 11.3. The van der Waals surface area contributed by atoms with E-state index < -0.39 is 0 Å². The molecule has 84 valence electrons. The highest BCUT2D eigenvalue weighted by molar-refractivity contribution is 5.91. The van der Waals surface area contributed by atoms with Crippen LogP contribution in [0.5, 0.6) is 0 Å². The van der Waals surface area contributed by atoms with Crippen LogP contribution < -0.4 is 0 Å². The van der Waals surface area contributed by atoms with Crippen molar-refractivity contribution in [1.82, 2.24) is 0 Å². The Morgan fingerprint density at radius 1 is 1.06 bits per heavy atom. The number of allylic oxidation sites excluding steroid dienone is 2. The lowest BCUT2D eigenvalue weighted by atomic mass is 9.92. The van der Waals surface area contributed by atoms with E-state index in [9.17, 15) is 4.79 Å². The summed E-state index contributed by atoms with van der Waals surface area (Å²) in [4.78, 5) is 11.3. The van der Waals surface area contributed by atoms with Gasteiger partial charge in [0.15, 0.2) is 5.78 Å². The van der Waals surface area contributed by atoms with Gasteiger partial charge in [0, 0.05) is 6.42 Å². The van der Waals surface area contributed by atoms with Crippen molar-refractivity contribution in [2.75, 3.05) is 0 Å². The first-order chi connectivity index (χ1) is 7.63. The van der Waals surface area contributed by atoms with Crippen molar-refractivity contribution in [2.45, 2.75) is 39.5 Å². The number of carbonyl (C=O) groups excluding carboxylic acids is 1. The first-order valence-electron chi connectivity index (χ1n) is 5.93. The Balaban J connectivity index is 2.17. The van der Waals surface area contributed by atoms with Crippen LogP contribution >= 0.6 is 0 Å². The minimum absolute atomic E-state index is 0.297. The second kappa shape index (κ2) is 4.65. The van der Waals surface area contributed by atoms with Gasteiger partial charge in [-0.1, -0.05) is 34.9 Å². The Kier molecular flexibility index (Phi) is 3.23. The van der Waals surface area contributed by atoms with Crippen LogP contribution in [0.2, 0.25) is 0 Å². The summed E-state index contributed by atoms with van der Waals surface area (Å²) in [5.74, 6) is 0.297. The minimum atomic E-state index is 0.297. The molecule has 0 N–H and O–H groups in total. The molecule has 0 amide bonds. The van der Waals surface area contributed by atoms with Gasteiger partial charge >= 0.3 is 0 Å². The number of carbonyl (C=O) groups is 1. The van der Waals surface area contributed by atoms with Crippen LogP contribution in [0.1, 0.15) is 36.0 Å². The maximum Gasteiger partial charge on any atom is 0.155 e. The average molecular weight is 214 g/mol. The van der Waals surface area contributed by atoms with Crippen LogP contribution in [-0.4, -0.2) is 5.78 Å². The van der Waals surface area contributed by atoms with Crippen molar-refractivity contribution in [3.8, 4) is 0 Å². The normalized spacial score (nSPS) is 16.1. The summed E-state index contributed by atoms with van der Waals surface area (Å²) in [5.41, 5.74) is 5.23. The Morgan fingerprint density at radius 2 is 1.75 bits per heavy atom. The van der Waals surface area contributed by atoms with Gasteiger partial charge in [-0.3, -0.25) is 4.79 Å².